The molecule has 1 aliphatic rings. The molecule has 0 unspecified atom stereocenters. The Labute approximate surface area is 148 Å². The quantitative estimate of drug-likeness (QED) is 0.896. The molecule has 3 heterocycles. The maximum absolute atomic E-state index is 13.0. The normalized spacial score (nSPS) is 17.8. The fraction of sp³-hybridized carbons (Fsp3) is 0.556. The van der Waals surface area contributed by atoms with E-state index in [0.717, 1.165) is 36.6 Å². The number of anilines is 1. The van der Waals surface area contributed by atoms with Crippen molar-refractivity contribution >= 4 is 11.7 Å². The summed E-state index contributed by atoms with van der Waals surface area (Å²) in [5.41, 5.74) is 2.24. The molecule has 1 atom stereocenters. The SMILES string of the molecule is CNc1cc([C@@H]2CCCN2C(=O)c2cc(C(C)(C)C)[nH]n2)nc(C)n1. The van der Waals surface area contributed by atoms with Gasteiger partial charge in [0.05, 0.1) is 11.7 Å². The second kappa shape index (κ2) is 6.46. The third-order valence-electron chi connectivity index (χ3n) is 4.57. The second-order valence-electron chi connectivity index (χ2n) is 7.55. The Morgan fingerprint density at radius 3 is 2.72 bits per heavy atom. The predicted octanol–water partition coefficient (Wildman–Crippen LogP) is 2.82. The van der Waals surface area contributed by atoms with Crippen LogP contribution in [0, 0.1) is 6.92 Å². The summed E-state index contributed by atoms with van der Waals surface area (Å²) >= 11 is 0. The van der Waals surface area contributed by atoms with Crippen LogP contribution in [0.1, 0.15) is 67.4 Å². The van der Waals surface area contributed by atoms with Crippen LogP contribution in [0.3, 0.4) is 0 Å². The summed E-state index contributed by atoms with van der Waals surface area (Å²) in [6.45, 7) is 8.87. The Kier molecular flexibility index (Phi) is 4.49. The standard InChI is InChI=1S/C18H26N6O/c1-11-20-12(10-16(19-5)21-11)14-7-6-8-24(14)17(25)13-9-15(23-22-13)18(2,3)4/h9-10,14H,6-8H2,1-5H3,(H,22,23)(H,19,20,21)/t14-/m0/s1. The van der Waals surface area contributed by atoms with Gasteiger partial charge in [-0.2, -0.15) is 5.10 Å². The first-order valence-corrected chi connectivity index (χ1v) is 8.70. The summed E-state index contributed by atoms with van der Waals surface area (Å²) in [7, 11) is 1.83. The summed E-state index contributed by atoms with van der Waals surface area (Å²) in [5.74, 6) is 1.43. The smallest absolute Gasteiger partial charge is 0.274 e. The van der Waals surface area contributed by atoms with Crippen LogP contribution in [0.4, 0.5) is 5.82 Å². The number of nitrogens with one attached hydrogen (secondary N) is 2. The van der Waals surface area contributed by atoms with Gasteiger partial charge in [0.2, 0.25) is 0 Å². The van der Waals surface area contributed by atoms with E-state index in [1.54, 1.807) is 0 Å². The lowest BCUT2D eigenvalue weighted by Crippen LogP contribution is -2.31. The average molecular weight is 342 g/mol. The molecule has 7 nitrogen and oxygen atoms in total. The van der Waals surface area contributed by atoms with Crippen molar-refractivity contribution in [1.82, 2.24) is 25.1 Å². The van der Waals surface area contributed by atoms with Gasteiger partial charge in [0, 0.05) is 30.8 Å². The van der Waals surface area contributed by atoms with E-state index in [2.05, 4.69) is 46.3 Å². The Morgan fingerprint density at radius 2 is 2.08 bits per heavy atom. The Balaban J connectivity index is 1.87. The second-order valence-corrected chi connectivity index (χ2v) is 7.55. The van der Waals surface area contributed by atoms with Crippen LogP contribution in [0.5, 0.6) is 0 Å². The molecule has 1 saturated heterocycles. The van der Waals surface area contributed by atoms with Gasteiger partial charge in [-0.25, -0.2) is 9.97 Å². The zero-order valence-corrected chi connectivity index (χ0v) is 15.6. The van der Waals surface area contributed by atoms with Gasteiger partial charge in [0.15, 0.2) is 0 Å². The average Bonchev–Trinajstić information content (AvgIpc) is 3.22. The highest BCUT2D eigenvalue weighted by molar-refractivity contribution is 5.93. The molecule has 1 amide bonds. The highest BCUT2D eigenvalue weighted by Gasteiger charge is 2.33. The third kappa shape index (κ3) is 3.50. The number of hydrogen-bond acceptors (Lipinski definition) is 5. The largest absolute Gasteiger partial charge is 0.373 e. The van der Waals surface area contributed by atoms with Crippen LogP contribution in [0.25, 0.3) is 0 Å². The van der Waals surface area contributed by atoms with Crippen LogP contribution < -0.4 is 5.32 Å². The molecule has 2 aromatic rings. The van der Waals surface area contributed by atoms with Crippen LogP contribution in [0.2, 0.25) is 0 Å². The van der Waals surface area contributed by atoms with Crippen molar-refractivity contribution < 1.29 is 4.79 Å². The highest BCUT2D eigenvalue weighted by atomic mass is 16.2. The number of nitrogens with zero attached hydrogens (tertiary/aromatic N) is 4. The summed E-state index contributed by atoms with van der Waals surface area (Å²) in [4.78, 5) is 23.8. The van der Waals surface area contributed by atoms with Crippen molar-refractivity contribution in [3.8, 4) is 0 Å². The molecular weight excluding hydrogens is 316 g/mol. The van der Waals surface area contributed by atoms with E-state index in [0.29, 0.717) is 11.5 Å². The Morgan fingerprint density at radius 1 is 1.32 bits per heavy atom. The zero-order valence-electron chi connectivity index (χ0n) is 15.6. The number of amides is 1. The van der Waals surface area contributed by atoms with Crippen LogP contribution in [-0.4, -0.2) is 44.6 Å². The van der Waals surface area contributed by atoms with Gasteiger partial charge in [0.25, 0.3) is 5.91 Å². The maximum Gasteiger partial charge on any atom is 0.274 e. The van der Waals surface area contributed by atoms with E-state index in [4.69, 9.17) is 0 Å². The fourth-order valence-electron chi connectivity index (χ4n) is 3.17. The number of H-pyrrole nitrogens is 1. The minimum Gasteiger partial charge on any atom is -0.373 e. The van der Waals surface area contributed by atoms with E-state index in [1.165, 1.54) is 0 Å². The van der Waals surface area contributed by atoms with Gasteiger partial charge in [-0.3, -0.25) is 9.89 Å². The molecule has 0 aromatic carbocycles. The lowest BCUT2D eigenvalue weighted by molar-refractivity contribution is 0.0726. The van der Waals surface area contributed by atoms with E-state index in [9.17, 15) is 4.79 Å². The molecule has 0 saturated carbocycles. The van der Waals surface area contributed by atoms with Crippen molar-refractivity contribution in [1.29, 1.82) is 0 Å². The number of carbonyl (C=O) groups is 1. The van der Waals surface area contributed by atoms with Crippen LogP contribution >= 0.6 is 0 Å². The predicted molar refractivity (Wildman–Crippen MR) is 96.6 cm³/mol. The monoisotopic (exact) mass is 342 g/mol. The molecule has 2 aromatic heterocycles. The molecular formula is C18H26N6O. The summed E-state index contributed by atoms with van der Waals surface area (Å²) in [6, 6.07) is 3.76. The van der Waals surface area contributed by atoms with E-state index in [1.807, 2.05) is 31.0 Å². The van der Waals surface area contributed by atoms with Crippen molar-refractivity contribution in [2.45, 2.75) is 52.0 Å². The number of rotatable bonds is 3. The first-order chi connectivity index (χ1) is 11.8. The molecule has 1 aliphatic heterocycles. The fourth-order valence-corrected chi connectivity index (χ4v) is 3.17. The first-order valence-electron chi connectivity index (χ1n) is 8.70. The van der Waals surface area contributed by atoms with Gasteiger partial charge < -0.3 is 10.2 Å². The number of carbonyl (C=O) groups excluding carboxylic acids is 1. The topological polar surface area (TPSA) is 86.8 Å². The lowest BCUT2D eigenvalue weighted by atomic mass is 9.92. The Bertz CT molecular complexity index is 776. The van der Waals surface area contributed by atoms with Crippen LogP contribution in [-0.2, 0) is 5.41 Å². The number of aromatic amines is 1. The number of hydrogen-bond donors (Lipinski definition) is 2. The van der Waals surface area contributed by atoms with Gasteiger partial charge in [-0.15, -0.1) is 0 Å². The van der Waals surface area contributed by atoms with Crippen molar-refractivity contribution in [3.63, 3.8) is 0 Å². The number of likely N-dealkylation sites (tertiary alicyclic amines) is 1. The minimum absolute atomic E-state index is 0.0314. The highest BCUT2D eigenvalue weighted by Crippen LogP contribution is 2.33. The van der Waals surface area contributed by atoms with E-state index >= 15 is 0 Å². The van der Waals surface area contributed by atoms with Crippen molar-refractivity contribution in [3.05, 3.63) is 35.0 Å². The Hall–Kier alpha value is -2.44. The van der Waals surface area contributed by atoms with E-state index in [-0.39, 0.29) is 17.4 Å². The summed E-state index contributed by atoms with van der Waals surface area (Å²) in [6.07, 6.45) is 1.87. The van der Waals surface area contributed by atoms with Crippen molar-refractivity contribution in [2.75, 3.05) is 18.9 Å². The summed E-state index contributed by atoms with van der Waals surface area (Å²) < 4.78 is 0. The molecule has 2 N–H and O–H groups in total. The molecule has 0 radical (unpaired) electrons. The molecule has 0 spiro atoms. The molecule has 7 heteroatoms. The molecule has 0 bridgehead atoms. The number of aryl methyl sites for hydroxylation is 1. The third-order valence-corrected chi connectivity index (χ3v) is 4.57. The van der Waals surface area contributed by atoms with E-state index < -0.39 is 0 Å². The number of aromatic nitrogens is 4. The zero-order chi connectivity index (χ0) is 18.2. The molecule has 1 fully saturated rings. The van der Waals surface area contributed by atoms with Crippen LogP contribution in [0.15, 0.2) is 12.1 Å². The molecule has 25 heavy (non-hydrogen) atoms. The molecule has 3 rings (SSSR count). The van der Waals surface area contributed by atoms with Gasteiger partial charge in [0.1, 0.15) is 17.3 Å². The van der Waals surface area contributed by atoms with Gasteiger partial charge in [-0.05, 0) is 25.8 Å². The lowest BCUT2D eigenvalue weighted by Gasteiger charge is -2.24. The minimum atomic E-state index is -0.0681. The maximum atomic E-state index is 13.0. The van der Waals surface area contributed by atoms with Gasteiger partial charge >= 0.3 is 0 Å². The summed E-state index contributed by atoms with van der Waals surface area (Å²) in [5, 5.41) is 10.3. The molecule has 134 valence electrons. The van der Waals surface area contributed by atoms with Gasteiger partial charge in [-0.1, -0.05) is 20.8 Å². The molecule has 0 aliphatic carbocycles. The first kappa shape index (κ1) is 17.4. The van der Waals surface area contributed by atoms with Crippen molar-refractivity contribution in [2.24, 2.45) is 0 Å².